The van der Waals surface area contributed by atoms with Gasteiger partial charge in [0, 0.05) is 24.3 Å². The zero-order valence-electron chi connectivity index (χ0n) is 15.2. The van der Waals surface area contributed by atoms with E-state index < -0.39 is 0 Å². The number of hydrogen-bond donors (Lipinski definition) is 1. The lowest BCUT2D eigenvalue weighted by Crippen LogP contribution is -2.43. The Labute approximate surface area is 154 Å². The van der Waals surface area contributed by atoms with Crippen molar-refractivity contribution in [2.24, 2.45) is 5.92 Å². The van der Waals surface area contributed by atoms with Crippen molar-refractivity contribution in [3.8, 4) is 5.75 Å². The summed E-state index contributed by atoms with van der Waals surface area (Å²) in [6, 6.07) is 14.9. The first kappa shape index (κ1) is 18.0. The number of methoxy groups -OCH3 is 1. The van der Waals surface area contributed by atoms with Gasteiger partial charge in [-0.1, -0.05) is 24.3 Å². The van der Waals surface area contributed by atoms with Gasteiger partial charge in [-0.15, -0.1) is 0 Å². The summed E-state index contributed by atoms with van der Waals surface area (Å²) >= 11 is 0. The maximum Gasteiger partial charge on any atom is 0.254 e. The van der Waals surface area contributed by atoms with E-state index in [9.17, 15) is 9.59 Å². The topological polar surface area (TPSA) is 58.6 Å². The first-order valence-corrected chi connectivity index (χ1v) is 8.88. The predicted molar refractivity (Wildman–Crippen MR) is 101 cm³/mol. The van der Waals surface area contributed by atoms with Crippen LogP contribution >= 0.6 is 0 Å². The molecule has 1 aliphatic rings. The Kier molecular flexibility index (Phi) is 5.56. The largest absolute Gasteiger partial charge is 0.496 e. The lowest BCUT2D eigenvalue weighted by molar-refractivity contribution is -0.121. The molecule has 0 unspecified atom stereocenters. The highest BCUT2D eigenvalue weighted by atomic mass is 16.5. The van der Waals surface area contributed by atoms with Crippen molar-refractivity contribution in [3.05, 3.63) is 59.7 Å². The molecule has 2 aromatic rings. The zero-order chi connectivity index (χ0) is 18.5. The number of ether oxygens (including phenoxy) is 1. The molecule has 0 aromatic heterocycles. The van der Waals surface area contributed by atoms with Crippen LogP contribution in [-0.4, -0.2) is 36.9 Å². The van der Waals surface area contributed by atoms with E-state index in [2.05, 4.69) is 5.32 Å². The van der Waals surface area contributed by atoms with Crippen molar-refractivity contribution >= 4 is 17.5 Å². The number of hydrogen-bond acceptors (Lipinski definition) is 3. The molecule has 1 fully saturated rings. The summed E-state index contributed by atoms with van der Waals surface area (Å²) in [5.74, 6) is 0.419. The Morgan fingerprint density at radius 1 is 1.15 bits per heavy atom. The van der Waals surface area contributed by atoms with Crippen LogP contribution in [-0.2, 0) is 4.79 Å². The standard InChI is InChI=1S/C21H24N2O3/c1-15-10-11-16(13-19(15)26-2)21(25)23-12-6-7-17(14-23)20(24)22-18-8-4-3-5-9-18/h3-5,8-11,13,17H,6-7,12,14H2,1-2H3,(H,22,24)/t17-/m1/s1. The molecule has 136 valence electrons. The normalized spacial score (nSPS) is 16.8. The van der Waals surface area contributed by atoms with E-state index >= 15 is 0 Å². The average Bonchev–Trinajstić information content (AvgIpc) is 2.68. The SMILES string of the molecule is COc1cc(C(=O)N2CCC[C@@H](C(=O)Nc3ccccc3)C2)ccc1C. The average molecular weight is 352 g/mol. The van der Waals surface area contributed by atoms with Crippen LogP contribution in [0.1, 0.15) is 28.8 Å². The third-order valence-electron chi connectivity index (χ3n) is 4.78. The number of amides is 2. The minimum atomic E-state index is -0.194. The Morgan fingerprint density at radius 3 is 2.65 bits per heavy atom. The first-order valence-electron chi connectivity index (χ1n) is 8.88. The smallest absolute Gasteiger partial charge is 0.254 e. The minimum absolute atomic E-state index is 0.0322. The highest BCUT2D eigenvalue weighted by Gasteiger charge is 2.29. The molecule has 2 amide bonds. The number of carbonyl (C=O) groups excluding carboxylic acids is 2. The lowest BCUT2D eigenvalue weighted by atomic mass is 9.96. The third-order valence-corrected chi connectivity index (χ3v) is 4.78. The van der Waals surface area contributed by atoms with E-state index in [1.165, 1.54) is 0 Å². The number of likely N-dealkylation sites (tertiary alicyclic amines) is 1. The molecule has 5 nitrogen and oxygen atoms in total. The van der Waals surface area contributed by atoms with E-state index in [1.54, 1.807) is 18.1 Å². The molecular formula is C21H24N2O3. The monoisotopic (exact) mass is 352 g/mol. The molecule has 1 saturated heterocycles. The summed E-state index contributed by atoms with van der Waals surface area (Å²) < 4.78 is 5.31. The van der Waals surface area contributed by atoms with Gasteiger partial charge in [0.2, 0.25) is 5.91 Å². The van der Waals surface area contributed by atoms with E-state index in [0.29, 0.717) is 24.4 Å². The fourth-order valence-electron chi connectivity index (χ4n) is 3.28. The summed E-state index contributed by atoms with van der Waals surface area (Å²) in [4.78, 5) is 27.2. The van der Waals surface area contributed by atoms with Crippen LogP contribution in [0.15, 0.2) is 48.5 Å². The van der Waals surface area contributed by atoms with Gasteiger partial charge in [0.25, 0.3) is 5.91 Å². The summed E-state index contributed by atoms with van der Waals surface area (Å²) in [5.41, 5.74) is 2.36. The highest BCUT2D eigenvalue weighted by molar-refractivity contribution is 5.96. The number of anilines is 1. The van der Waals surface area contributed by atoms with Gasteiger partial charge >= 0.3 is 0 Å². The van der Waals surface area contributed by atoms with E-state index in [1.807, 2.05) is 49.4 Å². The van der Waals surface area contributed by atoms with Crippen LogP contribution < -0.4 is 10.1 Å². The van der Waals surface area contributed by atoms with Crippen molar-refractivity contribution in [2.75, 3.05) is 25.5 Å². The molecular weight excluding hydrogens is 328 g/mol. The quantitative estimate of drug-likeness (QED) is 0.916. The van der Waals surface area contributed by atoms with Gasteiger partial charge in [0.15, 0.2) is 0 Å². The van der Waals surface area contributed by atoms with Crippen LogP contribution in [0.3, 0.4) is 0 Å². The Morgan fingerprint density at radius 2 is 1.92 bits per heavy atom. The molecule has 2 aromatic carbocycles. The fourth-order valence-corrected chi connectivity index (χ4v) is 3.28. The number of carbonyl (C=O) groups is 2. The number of nitrogens with one attached hydrogen (secondary N) is 1. The van der Waals surface area contributed by atoms with Crippen LogP contribution in [0.25, 0.3) is 0 Å². The number of nitrogens with zero attached hydrogens (tertiary/aromatic N) is 1. The summed E-state index contributed by atoms with van der Waals surface area (Å²) in [5, 5.41) is 2.94. The van der Waals surface area contributed by atoms with Crippen molar-refractivity contribution in [1.29, 1.82) is 0 Å². The first-order chi connectivity index (χ1) is 12.6. The van der Waals surface area contributed by atoms with Gasteiger partial charge in [-0.25, -0.2) is 0 Å². The summed E-state index contributed by atoms with van der Waals surface area (Å²) in [6.45, 7) is 3.05. The molecule has 0 saturated carbocycles. The molecule has 0 spiro atoms. The second-order valence-corrected chi connectivity index (χ2v) is 6.63. The molecule has 5 heteroatoms. The Hall–Kier alpha value is -2.82. The summed E-state index contributed by atoms with van der Waals surface area (Å²) in [7, 11) is 1.60. The lowest BCUT2D eigenvalue weighted by Gasteiger charge is -2.32. The highest BCUT2D eigenvalue weighted by Crippen LogP contribution is 2.23. The van der Waals surface area contributed by atoms with Gasteiger partial charge in [-0.2, -0.15) is 0 Å². The molecule has 0 radical (unpaired) electrons. The molecule has 0 aliphatic carbocycles. The predicted octanol–water partition coefficient (Wildman–Crippen LogP) is 3.49. The van der Waals surface area contributed by atoms with Crippen LogP contribution in [0.5, 0.6) is 5.75 Å². The molecule has 1 aliphatic heterocycles. The Balaban J connectivity index is 1.68. The number of para-hydroxylation sites is 1. The number of rotatable bonds is 4. The van der Waals surface area contributed by atoms with Crippen molar-refractivity contribution in [2.45, 2.75) is 19.8 Å². The van der Waals surface area contributed by atoms with E-state index in [0.717, 1.165) is 24.1 Å². The number of aryl methyl sites for hydroxylation is 1. The van der Waals surface area contributed by atoms with Crippen molar-refractivity contribution in [3.63, 3.8) is 0 Å². The number of piperidine rings is 1. The van der Waals surface area contributed by atoms with Gasteiger partial charge in [-0.05, 0) is 49.6 Å². The zero-order valence-corrected chi connectivity index (χ0v) is 15.2. The van der Waals surface area contributed by atoms with E-state index in [4.69, 9.17) is 4.74 Å². The molecule has 1 heterocycles. The van der Waals surface area contributed by atoms with Crippen LogP contribution in [0.2, 0.25) is 0 Å². The van der Waals surface area contributed by atoms with Gasteiger partial charge < -0.3 is 15.0 Å². The van der Waals surface area contributed by atoms with Gasteiger partial charge in [-0.3, -0.25) is 9.59 Å². The fraction of sp³-hybridized carbons (Fsp3) is 0.333. The molecule has 26 heavy (non-hydrogen) atoms. The maximum absolute atomic E-state index is 12.8. The molecule has 0 bridgehead atoms. The number of benzene rings is 2. The second kappa shape index (κ2) is 8.04. The maximum atomic E-state index is 12.8. The Bertz CT molecular complexity index is 789. The minimum Gasteiger partial charge on any atom is -0.496 e. The third kappa shape index (κ3) is 4.04. The molecule has 1 atom stereocenters. The van der Waals surface area contributed by atoms with Crippen LogP contribution in [0.4, 0.5) is 5.69 Å². The molecule has 1 N–H and O–H groups in total. The van der Waals surface area contributed by atoms with Gasteiger partial charge in [0.05, 0.1) is 13.0 Å². The van der Waals surface area contributed by atoms with Crippen LogP contribution in [0, 0.1) is 12.8 Å². The summed E-state index contributed by atoms with van der Waals surface area (Å²) in [6.07, 6.45) is 1.61. The van der Waals surface area contributed by atoms with Crippen molar-refractivity contribution in [1.82, 2.24) is 4.90 Å². The second-order valence-electron chi connectivity index (χ2n) is 6.63. The van der Waals surface area contributed by atoms with E-state index in [-0.39, 0.29) is 17.7 Å². The van der Waals surface area contributed by atoms with Crippen molar-refractivity contribution < 1.29 is 14.3 Å². The molecule has 3 rings (SSSR count). The van der Waals surface area contributed by atoms with Gasteiger partial charge in [0.1, 0.15) is 5.75 Å².